The lowest BCUT2D eigenvalue weighted by atomic mass is 10.1. The molecule has 0 aliphatic rings. The highest BCUT2D eigenvalue weighted by atomic mass is 79.9. The molecule has 38 heavy (non-hydrogen) atoms. The van der Waals surface area contributed by atoms with Crippen molar-refractivity contribution in [1.29, 1.82) is 0 Å². The molecular weight excluding hydrogens is 587 g/mol. The van der Waals surface area contributed by atoms with E-state index in [1.807, 2.05) is 13.8 Å². The average molecular weight is 609 g/mol. The number of nitrogens with zero attached hydrogens (tertiary/aromatic N) is 3. The van der Waals surface area contributed by atoms with Gasteiger partial charge in [0.25, 0.3) is 5.56 Å². The average Bonchev–Trinajstić information content (AvgIpc) is 2.91. The fourth-order valence-corrected chi connectivity index (χ4v) is 4.26. The molecule has 6 nitrogen and oxygen atoms in total. The summed E-state index contributed by atoms with van der Waals surface area (Å²) in [5.41, 5.74) is -0.576. The molecule has 4 aromatic rings. The van der Waals surface area contributed by atoms with E-state index in [-0.39, 0.29) is 27.9 Å². The second kappa shape index (κ2) is 11.2. The normalized spacial score (nSPS) is 12.7. The molecule has 1 heterocycles. The highest BCUT2D eigenvalue weighted by molar-refractivity contribution is 9.10. The summed E-state index contributed by atoms with van der Waals surface area (Å²) in [6.07, 6.45) is -2.60. The highest BCUT2D eigenvalue weighted by Crippen LogP contribution is 2.42. The van der Waals surface area contributed by atoms with Gasteiger partial charge in [-0.2, -0.15) is 22.9 Å². The Bertz CT molecular complexity index is 1590. The van der Waals surface area contributed by atoms with Gasteiger partial charge in [0.2, 0.25) is 0 Å². The van der Waals surface area contributed by atoms with E-state index in [2.05, 4.69) is 26.0 Å². The van der Waals surface area contributed by atoms with Gasteiger partial charge < -0.3 is 9.47 Å². The number of benzene rings is 3. The van der Waals surface area contributed by atoms with Gasteiger partial charge in [0, 0.05) is 15.6 Å². The number of hydrogen-bond acceptors (Lipinski definition) is 5. The van der Waals surface area contributed by atoms with E-state index in [1.54, 1.807) is 30.3 Å². The van der Waals surface area contributed by atoms with Gasteiger partial charge in [-0.3, -0.25) is 4.79 Å². The number of ether oxygens (including phenoxy) is 2. The predicted octanol–water partition coefficient (Wildman–Crippen LogP) is 7.57. The number of para-hydroxylation sites is 1. The minimum atomic E-state index is -4.57. The summed E-state index contributed by atoms with van der Waals surface area (Å²) >= 11 is 10.0. The molecule has 0 aliphatic heterocycles. The zero-order valence-electron chi connectivity index (χ0n) is 20.5. The van der Waals surface area contributed by atoms with E-state index >= 15 is 0 Å². The Labute approximate surface area is 229 Å². The lowest BCUT2D eigenvalue weighted by Crippen LogP contribution is -2.20. The molecule has 0 amide bonds. The van der Waals surface area contributed by atoms with Gasteiger partial charge in [0.05, 0.1) is 35.9 Å². The Hall–Kier alpha value is -3.37. The number of halogens is 5. The molecule has 0 N–H and O–H groups in total. The second-order valence-electron chi connectivity index (χ2n) is 8.35. The third-order valence-electron chi connectivity index (χ3n) is 5.78. The minimum Gasteiger partial charge on any atom is -0.493 e. The summed E-state index contributed by atoms with van der Waals surface area (Å²) in [6.45, 7) is 3.87. The molecule has 0 radical (unpaired) electrons. The maximum atomic E-state index is 13.4. The van der Waals surface area contributed by atoms with Crippen molar-refractivity contribution in [3.63, 3.8) is 0 Å². The van der Waals surface area contributed by atoms with E-state index in [4.69, 9.17) is 21.1 Å². The van der Waals surface area contributed by atoms with Gasteiger partial charge >= 0.3 is 6.18 Å². The molecule has 198 valence electrons. The molecule has 1 aromatic heterocycles. The summed E-state index contributed by atoms with van der Waals surface area (Å²) < 4.78 is 53.0. The predicted molar refractivity (Wildman–Crippen MR) is 146 cm³/mol. The van der Waals surface area contributed by atoms with Crippen LogP contribution in [0.2, 0.25) is 5.02 Å². The molecule has 4 rings (SSSR count). The second-order valence-corrected chi connectivity index (χ2v) is 9.53. The molecule has 3 aromatic carbocycles. The monoisotopic (exact) mass is 607 g/mol. The molecule has 0 bridgehead atoms. The van der Waals surface area contributed by atoms with Crippen LogP contribution in [-0.4, -0.2) is 29.1 Å². The van der Waals surface area contributed by atoms with Gasteiger partial charge in [-0.25, -0.2) is 4.98 Å². The standard InChI is InChI=1S/C27H22BrClF3N3O3/c1-4-15(2)38-24-21(37-3)13-17(22(28)23(24)29)14-33-35-25(16-8-7-9-18(12-16)27(30,31)32)34-20-11-6-5-10-19(20)26(35)36/h5-15H,4H2,1-3H3/t15-/m0/s1. The number of fused-ring (bicyclic) bond motifs is 1. The van der Waals surface area contributed by atoms with Crippen molar-refractivity contribution in [3.8, 4) is 22.9 Å². The maximum absolute atomic E-state index is 13.4. The zero-order chi connectivity index (χ0) is 27.6. The molecular formula is C27H22BrClF3N3O3. The van der Waals surface area contributed by atoms with E-state index in [1.165, 1.54) is 25.5 Å². The summed E-state index contributed by atoms with van der Waals surface area (Å²) in [5, 5.41) is 4.83. The molecule has 0 saturated carbocycles. The van der Waals surface area contributed by atoms with Crippen LogP contribution >= 0.6 is 27.5 Å². The molecule has 1 atom stereocenters. The summed E-state index contributed by atoms with van der Waals surface area (Å²) in [6, 6.07) is 12.7. The SMILES string of the molecule is CC[C@H](C)Oc1c(OC)cc(C=Nn2c(-c3cccc(C(F)(F)F)c3)nc3ccccc3c2=O)c(Br)c1Cl. The minimum absolute atomic E-state index is 0.0537. The van der Waals surface area contributed by atoms with Crippen LogP contribution in [0.4, 0.5) is 13.2 Å². The first-order valence-electron chi connectivity index (χ1n) is 11.5. The van der Waals surface area contributed by atoms with Crippen molar-refractivity contribution >= 4 is 44.6 Å². The van der Waals surface area contributed by atoms with Crippen LogP contribution in [0.3, 0.4) is 0 Å². The molecule has 11 heteroatoms. The molecule has 0 fully saturated rings. The molecule has 0 aliphatic carbocycles. The Morgan fingerprint density at radius 1 is 1.18 bits per heavy atom. The third kappa shape index (κ3) is 5.56. The number of methoxy groups -OCH3 is 1. The Balaban J connectivity index is 1.90. The fraction of sp³-hybridized carbons (Fsp3) is 0.222. The summed E-state index contributed by atoms with van der Waals surface area (Å²) in [5.74, 6) is 0.644. The third-order valence-corrected chi connectivity index (χ3v) is 7.23. The maximum Gasteiger partial charge on any atom is 0.416 e. The first kappa shape index (κ1) is 27.7. The van der Waals surface area contributed by atoms with Gasteiger partial charge in [0.1, 0.15) is 5.02 Å². The van der Waals surface area contributed by atoms with Crippen molar-refractivity contribution < 1.29 is 22.6 Å². The quantitative estimate of drug-likeness (QED) is 0.203. The van der Waals surface area contributed by atoms with E-state index in [0.29, 0.717) is 27.1 Å². The van der Waals surface area contributed by atoms with Crippen LogP contribution in [0.15, 0.2) is 69.0 Å². The van der Waals surface area contributed by atoms with E-state index in [0.717, 1.165) is 23.2 Å². The van der Waals surface area contributed by atoms with Crippen LogP contribution in [0, 0.1) is 0 Å². The number of rotatable bonds is 7. The summed E-state index contributed by atoms with van der Waals surface area (Å²) in [4.78, 5) is 17.9. The smallest absolute Gasteiger partial charge is 0.416 e. The topological polar surface area (TPSA) is 65.7 Å². The fourth-order valence-electron chi connectivity index (χ4n) is 3.62. The van der Waals surface area contributed by atoms with Crippen molar-refractivity contribution in [2.45, 2.75) is 32.5 Å². The van der Waals surface area contributed by atoms with Crippen LogP contribution in [0.1, 0.15) is 31.4 Å². The van der Waals surface area contributed by atoms with Crippen LogP contribution in [0.25, 0.3) is 22.3 Å². The lowest BCUT2D eigenvalue weighted by Gasteiger charge is -2.18. The van der Waals surface area contributed by atoms with Crippen molar-refractivity contribution in [3.05, 3.63) is 85.6 Å². The van der Waals surface area contributed by atoms with Crippen molar-refractivity contribution in [2.75, 3.05) is 7.11 Å². The first-order chi connectivity index (χ1) is 18.0. The van der Waals surface area contributed by atoms with Crippen molar-refractivity contribution in [2.24, 2.45) is 5.10 Å². The molecule has 0 unspecified atom stereocenters. The van der Waals surface area contributed by atoms with Gasteiger partial charge in [0.15, 0.2) is 17.3 Å². The number of hydrogen-bond donors (Lipinski definition) is 0. The lowest BCUT2D eigenvalue weighted by molar-refractivity contribution is -0.137. The molecule has 0 spiro atoms. The van der Waals surface area contributed by atoms with E-state index in [9.17, 15) is 18.0 Å². The summed E-state index contributed by atoms with van der Waals surface area (Å²) in [7, 11) is 1.47. The Kier molecular flexibility index (Phi) is 8.13. The first-order valence-corrected chi connectivity index (χ1v) is 12.7. The van der Waals surface area contributed by atoms with Gasteiger partial charge in [-0.15, -0.1) is 0 Å². The van der Waals surface area contributed by atoms with Crippen LogP contribution in [0.5, 0.6) is 11.5 Å². The number of aromatic nitrogens is 2. The van der Waals surface area contributed by atoms with Gasteiger partial charge in [-0.05, 0) is 59.6 Å². The number of alkyl halides is 3. The van der Waals surface area contributed by atoms with Crippen LogP contribution in [-0.2, 0) is 6.18 Å². The van der Waals surface area contributed by atoms with Crippen molar-refractivity contribution in [1.82, 2.24) is 9.66 Å². The largest absolute Gasteiger partial charge is 0.493 e. The highest BCUT2D eigenvalue weighted by Gasteiger charge is 2.31. The van der Waals surface area contributed by atoms with E-state index < -0.39 is 17.3 Å². The zero-order valence-corrected chi connectivity index (χ0v) is 22.9. The Morgan fingerprint density at radius 2 is 1.92 bits per heavy atom. The van der Waals surface area contributed by atoms with Gasteiger partial charge in [-0.1, -0.05) is 42.8 Å². The molecule has 0 saturated heterocycles. The Morgan fingerprint density at radius 3 is 2.61 bits per heavy atom. The van der Waals surface area contributed by atoms with Crippen LogP contribution < -0.4 is 15.0 Å².